The number of nitrogens with zero attached hydrogens (tertiary/aromatic N) is 4. The van der Waals surface area contributed by atoms with Crippen LogP contribution >= 0.6 is 0 Å². The first kappa shape index (κ1) is 29.0. The van der Waals surface area contributed by atoms with Gasteiger partial charge in [0.05, 0.1) is 47.7 Å². The Bertz CT molecular complexity index is 2250. The third-order valence-electron chi connectivity index (χ3n) is 8.61. The molecule has 8 nitrogen and oxygen atoms in total. The number of methoxy groups -OCH3 is 2. The van der Waals surface area contributed by atoms with E-state index in [1.165, 1.54) is 14.2 Å². The summed E-state index contributed by atoms with van der Waals surface area (Å²) < 4.78 is 9.89. The average molecular weight is 607 g/mol. The highest BCUT2D eigenvalue weighted by Crippen LogP contribution is 2.33. The van der Waals surface area contributed by atoms with Crippen molar-refractivity contribution in [1.29, 1.82) is 0 Å². The molecule has 7 aromatic rings. The maximum absolute atomic E-state index is 12.3. The molecule has 0 fully saturated rings. The van der Waals surface area contributed by atoms with Gasteiger partial charge in [-0.05, 0) is 74.2 Å². The molecule has 8 heteroatoms. The molecule has 46 heavy (non-hydrogen) atoms. The summed E-state index contributed by atoms with van der Waals surface area (Å²) in [6.07, 6.45) is 0. The minimum Gasteiger partial charge on any atom is -0.464 e. The van der Waals surface area contributed by atoms with E-state index in [0.717, 1.165) is 77.3 Å². The second-order valence-corrected chi connectivity index (χ2v) is 11.6. The number of carbonyl (C=O) groups excluding carboxylic acids is 2. The molecule has 226 valence electrons. The van der Waals surface area contributed by atoms with Gasteiger partial charge in [0, 0.05) is 32.7 Å². The van der Waals surface area contributed by atoms with Crippen LogP contribution in [0.15, 0.2) is 72.8 Å². The van der Waals surface area contributed by atoms with Gasteiger partial charge >= 0.3 is 11.9 Å². The lowest BCUT2D eigenvalue weighted by molar-refractivity contribution is 0.0585. The van der Waals surface area contributed by atoms with Gasteiger partial charge in [0.1, 0.15) is 11.4 Å². The van der Waals surface area contributed by atoms with Crippen LogP contribution in [0.3, 0.4) is 0 Å². The fourth-order valence-electron chi connectivity index (χ4n) is 6.15. The SMILES string of the molecule is COC(=O)c1cc(C)c2ccc3c(C)cc(-c4ccc(-c5cc(C)c6ccc7c(C)cc(C(=O)OC)nc7c6n5)cc4)nc3c2n1. The lowest BCUT2D eigenvalue weighted by Gasteiger charge is -2.13. The largest absolute Gasteiger partial charge is 0.464 e. The summed E-state index contributed by atoms with van der Waals surface area (Å²) in [5, 5.41) is 3.83. The molecule has 3 aromatic carbocycles. The summed E-state index contributed by atoms with van der Waals surface area (Å²) in [6, 6.07) is 23.9. The van der Waals surface area contributed by atoms with E-state index in [-0.39, 0.29) is 11.4 Å². The van der Waals surface area contributed by atoms with Gasteiger partial charge in [0.15, 0.2) is 0 Å². The molecule has 7 rings (SSSR count). The summed E-state index contributed by atoms with van der Waals surface area (Å²) in [6.45, 7) is 8.02. The highest BCUT2D eigenvalue weighted by Gasteiger charge is 2.17. The topological polar surface area (TPSA) is 104 Å². The van der Waals surface area contributed by atoms with Crippen LogP contribution in [-0.2, 0) is 9.47 Å². The molecular formula is C38H30N4O4. The zero-order valence-electron chi connectivity index (χ0n) is 26.4. The summed E-state index contributed by atoms with van der Waals surface area (Å²) in [7, 11) is 2.71. The van der Waals surface area contributed by atoms with Gasteiger partial charge in [-0.3, -0.25) is 0 Å². The fourth-order valence-corrected chi connectivity index (χ4v) is 6.15. The number of rotatable bonds is 4. The predicted molar refractivity (Wildman–Crippen MR) is 180 cm³/mol. The van der Waals surface area contributed by atoms with Crippen molar-refractivity contribution in [3.63, 3.8) is 0 Å². The molecule has 4 aromatic heterocycles. The first-order chi connectivity index (χ1) is 22.2. The Labute approximate surface area is 265 Å². The fraction of sp³-hybridized carbons (Fsp3) is 0.158. The molecule has 0 spiro atoms. The number of ether oxygens (including phenoxy) is 2. The van der Waals surface area contributed by atoms with E-state index in [0.29, 0.717) is 11.0 Å². The molecule has 0 unspecified atom stereocenters. The molecule has 0 atom stereocenters. The molecule has 0 saturated carbocycles. The van der Waals surface area contributed by atoms with Crippen molar-refractivity contribution in [2.45, 2.75) is 27.7 Å². The Kier molecular flexibility index (Phi) is 6.93. The maximum Gasteiger partial charge on any atom is 0.356 e. The Hall–Kier alpha value is -5.76. The van der Waals surface area contributed by atoms with Crippen LogP contribution in [0.5, 0.6) is 0 Å². The second-order valence-electron chi connectivity index (χ2n) is 11.6. The molecule has 0 bridgehead atoms. The number of fused-ring (bicyclic) bond motifs is 6. The van der Waals surface area contributed by atoms with E-state index in [1.807, 2.05) is 50.2 Å². The van der Waals surface area contributed by atoms with Gasteiger partial charge in [-0.2, -0.15) is 0 Å². The zero-order chi connectivity index (χ0) is 32.3. The smallest absolute Gasteiger partial charge is 0.356 e. The number of aromatic nitrogens is 4. The van der Waals surface area contributed by atoms with E-state index >= 15 is 0 Å². The maximum atomic E-state index is 12.3. The Morgan fingerprint density at radius 1 is 0.457 bits per heavy atom. The van der Waals surface area contributed by atoms with Crippen molar-refractivity contribution in [1.82, 2.24) is 19.9 Å². The summed E-state index contributed by atoms with van der Waals surface area (Å²) >= 11 is 0. The van der Waals surface area contributed by atoms with Crippen LogP contribution in [0.1, 0.15) is 43.2 Å². The van der Waals surface area contributed by atoms with Crippen molar-refractivity contribution < 1.29 is 19.1 Å². The number of carbonyl (C=O) groups is 2. The van der Waals surface area contributed by atoms with Crippen LogP contribution in [0.2, 0.25) is 0 Å². The number of pyridine rings is 4. The van der Waals surface area contributed by atoms with Crippen LogP contribution in [0.25, 0.3) is 66.1 Å². The third kappa shape index (κ3) is 4.70. The van der Waals surface area contributed by atoms with Crippen LogP contribution in [0, 0.1) is 27.7 Å². The summed E-state index contributed by atoms with van der Waals surface area (Å²) in [5.41, 5.74) is 10.8. The third-order valence-corrected chi connectivity index (χ3v) is 8.61. The standard InChI is InChI=1S/C38H30N4O4/c1-19-15-29(39-33-25(19)11-13-27-21(3)17-31(37(43)45-5)41-35(27)33)23-7-9-24(10-8-23)30-16-20(2)26-12-14-28-22(4)18-32(38(44)46-6)42-36(28)34(26)40-30/h7-18H,1-6H3. The van der Waals surface area contributed by atoms with Crippen LogP contribution < -0.4 is 0 Å². The Balaban J connectivity index is 1.34. The van der Waals surface area contributed by atoms with Gasteiger partial charge < -0.3 is 9.47 Å². The molecule has 0 aliphatic carbocycles. The summed E-state index contributed by atoms with van der Waals surface area (Å²) in [4.78, 5) is 44.1. The molecule has 0 amide bonds. The molecule has 0 aliphatic heterocycles. The van der Waals surface area contributed by atoms with Crippen LogP contribution in [0.4, 0.5) is 0 Å². The highest BCUT2D eigenvalue weighted by molar-refractivity contribution is 6.08. The summed E-state index contributed by atoms with van der Waals surface area (Å²) in [5.74, 6) is -0.961. The molecule has 0 aliphatic rings. The zero-order valence-corrected chi connectivity index (χ0v) is 26.4. The van der Waals surface area contributed by atoms with Crippen molar-refractivity contribution in [2.75, 3.05) is 14.2 Å². The second kappa shape index (κ2) is 11.0. The minimum absolute atomic E-state index is 0.257. The Morgan fingerprint density at radius 2 is 0.761 bits per heavy atom. The van der Waals surface area contributed by atoms with Gasteiger partial charge in [0.2, 0.25) is 0 Å². The first-order valence-corrected chi connectivity index (χ1v) is 14.9. The number of esters is 2. The van der Waals surface area contributed by atoms with Crippen molar-refractivity contribution in [3.05, 3.63) is 106 Å². The van der Waals surface area contributed by atoms with E-state index in [9.17, 15) is 9.59 Å². The van der Waals surface area contributed by atoms with Gasteiger partial charge in [0.25, 0.3) is 0 Å². The van der Waals surface area contributed by atoms with Crippen LogP contribution in [-0.4, -0.2) is 46.1 Å². The lowest BCUT2D eigenvalue weighted by atomic mass is 9.99. The van der Waals surface area contributed by atoms with Crippen molar-refractivity contribution in [2.24, 2.45) is 0 Å². The normalized spacial score (nSPS) is 11.4. The number of hydrogen-bond acceptors (Lipinski definition) is 8. The molecule has 0 N–H and O–H groups in total. The number of benzene rings is 3. The monoisotopic (exact) mass is 606 g/mol. The lowest BCUT2D eigenvalue weighted by Crippen LogP contribution is -2.05. The quantitative estimate of drug-likeness (QED) is 0.147. The molecule has 4 heterocycles. The Morgan fingerprint density at radius 3 is 1.09 bits per heavy atom. The van der Waals surface area contributed by atoms with Crippen molar-refractivity contribution in [3.8, 4) is 22.5 Å². The van der Waals surface area contributed by atoms with E-state index < -0.39 is 11.9 Å². The van der Waals surface area contributed by atoms with E-state index in [4.69, 9.17) is 19.4 Å². The van der Waals surface area contributed by atoms with E-state index in [2.05, 4.69) is 48.1 Å². The predicted octanol–water partition coefficient (Wildman–Crippen LogP) is 8.02. The van der Waals surface area contributed by atoms with Crippen molar-refractivity contribution >= 4 is 55.6 Å². The number of aryl methyl sites for hydroxylation is 4. The first-order valence-electron chi connectivity index (χ1n) is 14.9. The average Bonchev–Trinajstić information content (AvgIpc) is 3.07. The van der Waals surface area contributed by atoms with Gasteiger partial charge in [-0.15, -0.1) is 0 Å². The number of hydrogen-bond donors (Lipinski definition) is 0. The minimum atomic E-state index is -0.481. The molecule has 0 radical (unpaired) electrons. The molecular weight excluding hydrogens is 576 g/mol. The van der Waals surface area contributed by atoms with Gasteiger partial charge in [-0.25, -0.2) is 29.5 Å². The highest BCUT2D eigenvalue weighted by atomic mass is 16.5. The van der Waals surface area contributed by atoms with Gasteiger partial charge in [-0.1, -0.05) is 48.5 Å². The van der Waals surface area contributed by atoms with E-state index in [1.54, 1.807) is 12.1 Å². The molecule has 0 saturated heterocycles.